The van der Waals surface area contributed by atoms with Gasteiger partial charge in [0.2, 0.25) is 0 Å². The Morgan fingerprint density at radius 2 is 0.532 bits per heavy atom. The SMILES string of the molecule is CC/C=C\C/C=C\C/C=C\C/C=C\C/C=C\C/C=C\CCC(=O)OC(COC(=O)CCCCCCC/C=C\C/C=C\C/C=C\C/C=C\C/C=C\CC)COC(=O)CCCCCCCCCCC/C=C\C/C=C\CCCCC. The highest BCUT2D eigenvalue weighted by molar-refractivity contribution is 5.71. The number of hydrogen-bond donors (Lipinski definition) is 0. The summed E-state index contributed by atoms with van der Waals surface area (Å²) < 4.78 is 16.8. The maximum Gasteiger partial charge on any atom is 0.306 e. The summed E-state index contributed by atoms with van der Waals surface area (Å²) in [5, 5.41) is 0. The highest BCUT2D eigenvalue weighted by Crippen LogP contribution is 2.14. The molecule has 1 unspecified atom stereocenters. The van der Waals surface area contributed by atoms with Gasteiger partial charge in [0.25, 0.3) is 0 Å². The van der Waals surface area contributed by atoms with Crippen LogP contribution in [-0.4, -0.2) is 37.2 Å². The maximum absolute atomic E-state index is 12.9. The van der Waals surface area contributed by atoms with Crippen molar-refractivity contribution in [3.63, 3.8) is 0 Å². The second-order valence-electron chi connectivity index (χ2n) is 19.8. The molecule has 0 aromatic heterocycles. The number of hydrogen-bond acceptors (Lipinski definition) is 6. The molecule has 0 aromatic carbocycles. The molecule has 432 valence electrons. The number of rotatable bonds is 54. The van der Waals surface area contributed by atoms with E-state index in [1.54, 1.807) is 0 Å². The van der Waals surface area contributed by atoms with E-state index in [0.717, 1.165) is 135 Å². The van der Waals surface area contributed by atoms with Gasteiger partial charge in [-0.05, 0) is 135 Å². The summed E-state index contributed by atoms with van der Waals surface area (Å²) in [4.78, 5) is 38.3. The Labute approximate surface area is 473 Å². The molecule has 0 bridgehead atoms. The standard InChI is InChI=1S/C71H112O6/c1-4-7-10-13-16-19-22-25-28-31-34-35-38-40-43-46-49-52-55-58-61-64-70(73)76-67-68(77-71(74)65-62-59-56-53-50-47-44-41-37-33-30-27-24-21-18-15-12-9-6-3)66-75-69(72)63-60-57-54-51-48-45-42-39-36-32-29-26-23-20-17-14-11-8-5-2/h7,9-10,12,16-21,25-30,34-35,37,40-41,43,47,50,56,59,68H,4-6,8,11,13-15,22-24,31-33,36,38-39,42,44-46,48-49,51-55,57-58,60-67H2,1-3H3/b10-7-,12-9-,19-16-,20-17-,21-18-,28-25-,29-26-,30-27-,35-34-,41-37-,43-40-,50-47-,59-56-. The summed E-state index contributed by atoms with van der Waals surface area (Å²) in [7, 11) is 0. The molecule has 0 heterocycles. The van der Waals surface area contributed by atoms with Crippen LogP contribution in [0.1, 0.15) is 252 Å². The van der Waals surface area contributed by atoms with Gasteiger partial charge in [-0.15, -0.1) is 0 Å². The van der Waals surface area contributed by atoms with Crippen molar-refractivity contribution in [2.24, 2.45) is 0 Å². The molecule has 0 aliphatic rings. The highest BCUT2D eigenvalue weighted by Gasteiger charge is 2.19. The molecule has 0 N–H and O–H groups in total. The van der Waals surface area contributed by atoms with Crippen molar-refractivity contribution in [3.05, 3.63) is 158 Å². The van der Waals surface area contributed by atoms with Crippen LogP contribution in [0.25, 0.3) is 0 Å². The van der Waals surface area contributed by atoms with Gasteiger partial charge in [-0.2, -0.15) is 0 Å². The van der Waals surface area contributed by atoms with Crippen LogP contribution >= 0.6 is 0 Å². The lowest BCUT2D eigenvalue weighted by molar-refractivity contribution is -0.166. The average molecular weight is 1060 g/mol. The minimum atomic E-state index is -0.838. The molecule has 0 saturated heterocycles. The van der Waals surface area contributed by atoms with Gasteiger partial charge >= 0.3 is 17.9 Å². The summed E-state index contributed by atoms with van der Waals surface area (Å²) in [5.74, 6) is -1.04. The Morgan fingerprint density at radius 1 is 0.273 bits per heavy atom. The Kier molecular flexibility index (Phi) is 59.5. The van der Waals surface area contributed by atoms with E-state index in [0.29, 0.717) is 19.3 Å². The zero-order chi connectivity index (χ0) is 55.7. The molecule has 0 radical (unpaired) electrons. The maximum atomic E-state index is 12.9. The van der Waals surface area contributed by atoms with Crippen molar-refractivity contribution >= 4 is 17.9 Å². The van der Waals surface area contributed by atoms with Gasteiger partial charge in [0, 0.05) is 19.3 Å². The molecular formula is C71H112O6. The molecule has 77 heavy (non-hydrogen) atoms. The van der Waals surface area contributed by atoms with Gasteiger partial charge in [0.1, 0.15) is 13.2 Å². The summed E-state index contributed by atoms with van der Waals surface area (Å²) >= 11 is 0. The van der Waals surface area contributed by atoms with E-state index in [-0.39, 0.29) is 31.6 Å². The lowest BCUT2D eigenvalue weighted by Gasteiger charge is -2.18. The Morgan fingerprint density at radius 3 is 0.844 bits per heavy atom. The third-order valence-corrected chi connectivity index (χ3v) is 12.5. The lowest BCUT2D eigenvalue weighted by atomic mass is 10.1. The first-order valence-electron chi connectivity index (χ1n) is 31.0. The molecule has 1 atom stereocenters. The van der Waals surface area contributed by atoms with Crippen molar-refractivity contribution in [2.45, 2.75) is 258 Å². The van der Waals surface area contributed by atoms with Crippen molar-refractivity contribution in [3.8, 4) is 0 Å². The van der Waals surface area contributed by atoms with Gasteiger partial charge in [-0.25, -0.2) is 0 Å². The molecule has 6 heteroatoms. The summed E-state index contributed by atoms with van der Waals surface area (Å²) in [6, 6.07) is 0. The van der Waals surface area contributed by atoms with E-state index in [9.17, 15) is 14.4 Å². The molecule has 0 amide bonds. The number of carbonyl (C=O) groups excluding carboxylic acids is 3. The number of unbranched alkanes of at least 4 members (excludes halogenated alkanes) is 17. The van der Waals surface area contributed by atoms with Crippen LogP contribution in [0.2, 0.25) is 0 Å². The lowest BCUT2D eigenvalue weighted by Crippen LogP contribution is -2.30. The van der Waals surface area contributed by atoms with Crippen LogP contribution in [0, 0.1) is 0 Å². The Bertz CT molecular complexity index is 1740. The predicted octanol–water partition coefficient (Wildman–Crippen LogP) is 21.3. The highest BCUT2D eigenvalue weighted by atomic mass is 16.6. The average Bonchev–Trinajstić information content (AvgIpc) is 3.43. The van der Waals surface area contributed by atoms with Crippen LogP contribution in [0.3, 0.4) is 0 Å². The minimum Gasteiger partial charge on any atom is -0.462 e. The molecule has 0 spiro atoms. The topological polar surface area (TPSA) is 78.9 Å². The second kappa shape index (κ2) is 63.6. The van der Waals surface area contributed by atoms with Gasteiger partial charge < -0.3 is 14.2 Å². The van der Waals surface area contributed by atoms with E-state index < -0.39 is 12.1 Å². The van der Waals surface area contributed by atoms with Gasteiger partial charge in [-0.3, -0.25) is 14.4 Å². The number of esters is 3. The smallest absolute Gasteiger partial charge is 0.306 e. The van der Waals surface area contributed by atoms with Gasteiger partial charge in [-0.1, -0.05) is 256 Å². The van der Waals surface area contributed by atoms with Gasteiger partial charge in [0.15, 0.2) is 6.10 Å². The van der Waals surface area contributed by atoms with E-state index >= 15 is 0 Å². The first kappa shape index (κ1) is 72.0. The largest absolute Gasteiger partial charge is 0.462 e. The van der Waals surface area contributed by atoms with Gasteiger partial charge in [0.05, 0.1) is 0 Å². The third-order valence-electron chi connectivity index (χ3n) is 12.5. The molecule has 0 rings (SSSR count). The predicted molar refractivity (Wildman–Crippen MR) is 334 cm³/mol. The monoisotopic (exact) mass is 1060 g/mol. The van der Waals surface area contributed by atoms with Crippen LogP contribution in [-0.2, 0) is 28.6 Å². The van der Waals surface area contributed by atoms with Crippen LogP contribution < -0.4 is 0 Å². The molecule has 6 nitrogen and oxygen atoms in total. The minimum absolute atomic E-state index is 0.123. The van der Waals surface area contributed by atoms with E-state index in [1.807, 2.05) is 12.2 Å². The van der Waals surface area contributed by atoms with Crippen LogP contribution in [0.5, 0.6) is 0 Å². The second-order valence-corrected chi connectivity index (χ2v) is 19.8. The molecule has 0 saturated carbocycles. The van der Waals surface area contributed by atoms with E-state index in [4.69, 9.17) is 14.2 Å². The first-order chi connectivity index (χ1) is 38.0. The van der Waals surface area contributed by atoms with E-state index in [2.05, 4.69) is 167 Å². The fourth-order valence-electron chi connectivity index (χ4n) is 7.94. The molecular weight excluding hydrogens is 949 g/mol. The van der Waals surface area contributed by atoms with E-state index in [1.165, 1.54) is 70.6 Å². The summed E-state index contributed by atoms with van der Waals surface area (Å²) in [6.07, 6.45) is 92.4. The first-order valence-corrected chi connectivity index (χ1v) is 31.0. The summed E-state index contributed by atoms with van der Waals surface area (Å²) in [6.45, 7) is 6.30. The van der Waals surface area contributed by atoms with Crippen LogP contribution in [0.4, 0.5) is 0 Å². The number of ether oxygens (including phenoxy) is 3. The fraction of sp³-hybridized carbons (Fsp3) is 0.592. The Hall–Kier alpha value is -4.97. The third kappa shape index (κ3) is 61.8. The zero-order valence-corrected chi connectivity index (χ0v) is 49.4. The quantitative estimate of drug-likeness (QED) is 0.0261. The fourth-order valence-corrected chi connectivity index (χ4v) is 7.94. The molecule has 0 aliphatic carbocycles. The van der Waals surface area contributed by atoms with Crippen molar-refractivity contribution < 1.29 is 28.6 Å². The van der Waals surface area contributed by atoms with Crippen molar-refractivity contribution in [1.29, 1.82) is 0 Å². The molecule has 0 aliphatic heterocycles. The van der Waals surface area contributed by atoms with Crippen molar-refractivity contribution in [2.75, 3.05) is 13.2 Å². The number of allylic oxidation sites excluding steroid dienone is 26. The zero-order valence-electron chi connectivity index (χ0n) is 49.4. The summed E-state index contributed by atoms with van der Waals surface area (Å²) in [5.41, 5.74) is 0. The van der Waals surface area contributed by atoms with Crippen molar-refractivity contribution in [1.82, 2.24) is 0 Å². The normalized spacial score (nSPS) is 13.2. The van der Waals surface area contributed by atoms with Crippen LogP contribution in [0.15, 0.2) is 158 Å². The molecule has 0 fully saturated rings. The number of carbonyl (C=O) groups is 3. The Balaban J connectivity index is 4.57. The molecule has 0 aromatic rings.